The van der Waals surface area contributed by atoms with Crippen molar-refractivity contribution in [1.29, 1.82) is 0 Å². The highest BCUT2D eigenvalue weighted by atomic mass is 16.5. The summed E-state index contributed by atoms with van der Waals surface area (Å²) in [5, 5.41) is 36.9. The molecule has 0 aliphatic rings. The number of fused-ring (bicyclic) bond motifs is 2. The van der Waals surface area contributed by atoms with Crippen LogP contribution in [0.4, 0.5) is 22.7 Å². The minimum absolute atomic E-state index is 0.0766. The maximum absolute atomic E-state index is 12.2. The van der Waals surface area contributed by atoms with Gasteiger partial charge in [-0.1, -0.05) is 54.6 Å². The van der Waals surface area contributed by atoms with E-state index < -0.39 is 11.8 Å². The van der Waals surface area contributed by atoms with E-state index >= 15 is 0 Å². The van der Waals surface area contributed by atoms with E-state index in [1.807, 2.05) is 74.5 Å². The minimum Gasteiger partial charge on any atom is -0.504 e. The van der Waals surface area contributed by atoms with E-state index in [2.05, 4.69) is 20.6 Å². The number of nitrogens with one attached hydrogen (secondary N) is 2. The molecule has 0 spiro atoms. The number of hydrogen-bond donors (Lipinski definition) is 7. The predicted octanol–water partition coefficient (Wildman–Crippen LogP) is 7.06. The van der Waals surface area contributed by atoms with Crippen molar-refractivity contribution in [1.82, 2.24) is 9.97 Å². The first kappa shape index (κ1) is 41.2. The average Bonchev–Trinajstić information content (AvgIpc) is 3.24. The molecule has 0 bridgehead atoms. The molecule has 2 heterocycles. The van der Waals surface area contributed by atoms with Gasteiger partial charge in [0.15, 0.2) is 23.0 Å². The number of aromatic nitrogens is 2. The second kappa shape index (κ2) is 18.2. The Hall–Kier alpha value is -7.42. The van der Waals surface area contributed by atoms with E-state index in [1.165, 1.54) is 25.6 Å². The molecule has 0 aliphatic heterocycles. The van der Waals surface area contributed by atoms with E-state index in [4.69, 9.17) is 25.7 Å². The topological polar surface area (TPSA) is 224 Å². The van der Waals surface area contributed by atoms with E-state index in [9.17, 15) is 24.9 Å². The van der Waals surface area contributed by atoms with Crippen LogP contribution in [-0.2, 0) is 19.8 Å². The second-order valence-corrected chi connectivity index (χ2v) is 13.4. The number of carbonyl (C=O) groups is 2. The molecule has 0 saturated heterocycles. The standard InChI is InChI=1S/C26H25N3O4.C19H19N3O4/c1-16-18(14-30)9-6-10-21(16)29-25-19-11-24(33-15-17-7-4-3-5-8-17)23(32-2)12-22(19)28-13-20(25)26(27)31;1-10-11(9-23)4-3-5-14(10)22-18-12-6-16(24)17(26-2)7-15(12)21-8-13(18)19(20)25/h3-13,30H,14-15H2,1-2H3,(H2,27,31)(H,28,29);3-8,23-24H,9H2,1-2H3,(H2,20,25)(H,21,22). The summed E-state index contributed by atoms with van der Waals surface area (Å²) in [7, 11) is 3.01. The summed E-state index contributed by atoms with van der Waals surface area (Å²) in [6, 6.07) is 27.4. The number of aliphatic hydroxyl groups excluding tert-OH is 2. The van der Waals surface area contributed by atoms with Gasteiger partial charge in [0, 0.05) is 46.7 Å². The highest BCUT2D eigenvalue weighted by Crippen LogP contribution is 2.39. The van der Waals surface area contributed by atoms with Crippen molar-refractivity contribution in [3.63, 3.8) is 0 Å². The highest BCUT2D eigenvalue weighted by Gasteiger charge is 2.20. The number of pyridine rings is 2. The Labute approximate surface area is 340 Å². The summed E-state index contributed by atoms with van der Waals surface area (Å²) >= 11 is 0. The largest absolute Gasteiger partial charge is 0.504 e. The number of hydrogen-bond acceptors (Lipinski definition) is 12. The molecule has 0 atom stereocenters. The number of methoxy groups -OCH3 is 2. The zero-order valence-electron chi connectivity index (χ0n) is 32.9. The molecule has 0 fully saturated rings. The molecule has 7 aromatic rings. The lowest BCUT2D eigenvalue weighted by Gasteiger charge is -2.18. The Morgan fingerprint density at radius 1 is 0.644 bits per heavy atom. The van der Waals surface area contributed by atoms with Crippen LogP contribution in [0.15, 0.2) is 103 Å². The third kappa shape index (κ3) is 8.94. The molecule has 0 saturated carbocycles. The smallest absolute Gasteiger partial charge is 0.252 e. The molecular weight excluding hydrogens is 753 g/mol. The Bertz CT molecular complexity index is 2670. The van der Waals surface area contributed by atoms with Crippen molar-refractivity contribution >= 4 is 56.4 Å². The van der Waals surface area contributed by atoms with Crippen LogP contribution in [0.3, 0.4) is 0 Å². The molecule has 2 aromatic heterocycles. The van der Waals surface area contributed by atoms with Crippen molar-refractivity contribution in [2.45, 2.75) is 33.7 Å². The third-order valence-corrected chi connectivity index (χ3v) is 9.84. The fraction of sp³-hybridized carbons (Fsp3) is 0.156. The van der Waals surface area contributed by atoms with Crippen LogP contribution in [0.2, 0.25) is 0 Å². The van der Waals surface area contributed by atoms with E-state index in [0.29, 0.717) is 57.0 Å². The average molecular weight is 797 g/mol. The molecule has 14 nitrogen and oxygen atoms in total. The Morgan fingerprint density at radius 2 is 1.14 bits per heavy atom. The molecule has 7 rings (SSSR count). The molecule has 0 aliphatic carbocycles. The molecule has 59 heavy (non-hydrogen) atoms. The molecule has 302 valence electrons. The maximum Gasteiger partial charge on any atom is 0.252 e. The summed E-state index contributed by atoms with van der Waals surface area (Å²) in [4.78, 5) is 32.8. The van der Waals surface area contributed by atoms with E-state index in [0.717, 1.165) is 33.5 Å². The quantitative estimate of drug-likeness (QED) is 0.0623. The zero-order chi connectivity index (χ0) is 42.2. The van der Waals surface area contributed by atoms with Gasteiger partial charge in [0.05, 0.1) is 61.0 Å². The van der Waals surface area contributed by atoms with Crippen molar-refractivity contribution in [2.24, 2.45) is 11.5 Å². The minimum atomic E-state index is -0.645. The number of amides is 2. The van der Waals surface area contributed by atoms with Crippen molar-refractivity contribution < 1.29 is 39.1 Å². The van der Waals surface area contributed by atoms with Gasteiger partial charge in [0.25, 0.3) is 11.8 Å². The summed E-state index contributed by atoms with van der Waals surface area (Å²) in [5.74, 6) is -0.00420. The molecular formula is C45H44N6O8. The first-order chi connectivity index (χ1) is 28.5. The van der Waals surface area contributed by atoms with Gasteiger partial charge < -0.3 is 51.6 Å². The number of benzene rings is 5. The van der Waals surface area contributed by atoms with Gasteiger partial charge in [-0.25, -0.2) is 0 Å². The number of aliphatic hydroxyl groups is 2. The SMILES string of the molecule is COc1cc2ncc(C(N)=O)c(Nc3cccc(CO)c3C)c2cc1O.COc1cc2ncc(C(N)=O)c(Nc3cccc(CO)c3C)c2cc1OCc1ccccc1. The number of nitrogens with zero attached hydrogens (tertiary/aromatic N) is 2. The van der Waals surface area contributed by atoms with Gasteiger partial charge in [-0.15, -0.1) is 0 Å². The predicted molar refractivity (Wildman–Crippen MR) is 227 cm³/mol. The molecule has 14 heteroatoms. The van der Waals surface area contributed by atoms with Crippen LogP contribution in [0, 0.1) is 13.8 Å². The Morgan fingerprint density at radius 3 is 1.61 bits per heavy atom. The number of carbonyl (C=O) groups excluding carboxylic acids is 2. The number of nitrogens with two attached hydrogens (primary N) is 2. The molecule has 0 radical (unpaired) electrons. The van der Waals surface area contributed by atoms with Crippen LogP contribution in [0.25, 0.3) is 21.8 Å². The first-order valence-corrected chi connectivity index (χ1v) is 18.4. The van der Waals surface area contributed by atoms with Crippen LogP contribution < -0.4 is 36.3 Å². The maximum atomic E-state index is 12.2. The number of anilines is 4. The normalized spacial score (nSPS) is 10.7. The zero-order valence-corrected chi connectivity index (χ0v) is 32.9. The summed E-state index contributed by atoms with van der Waals surface area (Å²) in [6.07, 6.45) is 2.83. The molecule has 2 amide bonds. The monoisotopic (exact) mass is 796 g/mol. The number of phenolic OH excluding ortho intramolecular Hbond substituents is 1. The van der Waals surface area contributed by atoms with Gasteiger partial charge in [-0.05, 0) is 65.9 Å². The van der Waals surface area contributed by atoms with Crippen molar-refractivity contribution in [3.05, 3.63) is 142 Å². The Balaban J connectivity index is 0.000000204. The van der Waals surface area contributed by atoms with Gasteiger partial charge >= 0.3 is 0 Å². The first-order valence-electron chi connectivity index (χ1n) is 18.4. The van der Waals surface area contributed by atoms with Crippen LogP contribution in [0.1, 0.15) is 48.5 Å². The van der Waals surface area contributed by atoms with E-state index in [-0.39, 0.29) is 35.8 Å². The van der Waals surface area contributed by atoms with Crippen LogP contribution in [0.5, 0.6) is 23.0 Å². The van der Waals surface area contributed by atoms with Crippen molar-refractivity contribution in [3.8, 4) is 23.0 Å². The third-order valence-electron chi connectivity index (χ3n) is 9.84. The number of ether oxygens (including phenoxy) is 3. The number of primary amides is 2. The van der Waals surface area contributed by atoms with Crippen molar-refractivity contribution in [2.75, 3.05) is 24.9 Å². The number of rotatable bonds is 13. The summed E-state index contributed by atoms with van der Waals surface area (Å²) in [5.41, 5.74) is 19.4. The summed E-state index contributed by atoms with van der Waals surface area (Å²) < 4.78 is 16.7. The molecule has 9 N–H and O–H groups in total. The molecule has 0 unspecified atom stereocenters. The number of aromatic hydroxyl groups is 1. The lowest BCUT2D eigenvalue weighted by molar-refractivity contribution is 0.0992. The van der Waals surface area contributed by atoms with Gasteiger partial charge in [-0.2, -0.15) is 0 Å². The van der Waals surface area contributed by atoms with Crippen LogP contribution in [-0.4, -0.2) is 51.3 Å². The highest BCUT2D eigenvalue weighted by molar-refractivity contribution is 6.09. The Kier molecular flexibility index (Phi) is 12.7. The lowest BCUT2D eigenvalue weighted by atomic mass is 10.0. The van der Waals surface area contributed by atoms with Gasteiger partial charge in [0.1, 0.15) is 6.61 Å². The summed E-state index contributed by atoms with van der Waals surface area (Å²) in [6.45, 7) is 3.93. The lowest BCUT2D eigenvalue weighted by Crippen LogP contribution is -2.14. The van der Waals surface area contributed by atoms with Gasteiger partial charge in [0.2, 0.25) is 0 Å². The second-order valence-electron chi connectivity index (χ2n) is 13.4. The fourth-order valence-corrected chi connectivity index (χ4v) is 6.47. The van der Waals surface area contributed by atoms with E-state index in [1.54, 1.807) is 31.4 Å². The molecule has 5 aromatic carbocycles. The fourth-order valence-electron chi connectivity index (χ4n) is 6.47. The number of phenols is 1. The van der Waals surface area contributed by atoms with Crippen LogP contribution >= 0.6 is 0 Å². The van der Waals surface area contributed by atoms with Gasteiger partial charge in [-0.3, -0.25) is 19.6 Å².